The average molecular weight is 146 g/mol. The average Bonchev–Trinajstić information content (AvgIpc) is 1.98. The highest BCUT2D eigenvalue weighted by atomic mass is 19.1. The first-order valence-electron chi connectivity index (χ1n) is 3.89. The van der Waals surface area contributed by atoms with Crippen LogP contribution in [0.4, 0.5) is 4.39 Å². The van der Waals surface area contributed by atoms with E-state index in [1.807, 2.05) is 6.92 Å². The van der Waals surface area contributed by atoms with Crippen LogP contribution in [0, 0.1) is 0 Å². The lowest BCUT2D eigenvalue weighted by Gasteiger charge is -2.02. The van der Waals surface area contributed by atoms with Gasteiger partial charge in [0, 0.05) is 6.42 Å². The van der Waals surface area contributed by atoms with Gasteiger partial charge in [-0.1, -0.05) is 26.7 Å². The maximum atomic E-state index is 12.6. The van der Waals surface area contributed by atoms with Gasteiger partial charge in [-0.25, -0.2) is 4.39 Å². The zero-order valence-corrected chi connectivity index (χ0v) is 6.69. The molecule has 0 aromatic heterocycles. The predicted molar refractivity (Wildman–Crippen MR) is 39.7 cm³/mol. The van der Waals surface area contributed by atoms with E-state index >= 15 is 0 Å². The van der Waals surface area contributed by atoms with Crippen LogP contribution >= 0.6 is 0 Å². The van der Waals surface area contributed by atoms with Gasteiger partial charge in [-0.15, -0.1) is 0 Å². The molecular weight excluding hydrogens is 131 g/mol. The fourth-order valence-corrected chi connectivity index (χ4v) is 0.766. The number of ketones is 1. The summed E-state index contributed by atoms with van der Waals surface area (Å²) in [6.07, 6.45) is 1.29. The van der Waals surface area contributed by atoms with Crippen molar-refractivity contribution in [2.75, 3.05) is 0 Å². The molecule has 0 heterocycles. The Balaban J connectivity index is 3.41. The second-order valence-electron chi connectivity index (χ2n) is 2.43. The van der Waals surface area contributed by atoms with Crippen LogP contribution in [0.3, 0.4) is 0 Å². The SMILES string of the molecule is CCCCC(F)C(=O)CC. The first-order chi connectivity index (χ1) is 4.72. The summed E-state index contributed by atoms with van der Waals surface area (Å²) >= 11 is 0. The van der Waals surface area contributed by atoms with Crippen LogP contribution in [0.25, 0.3) is 0 Å². The van der Waals surface area contributed by atoms with Gasteiger partial charge in [0.15, 0.2) is 12.0 Å². The second kappa shape index (κ2) is 5.39. The monoisotopic (exact) mass is 146 g/mol. The molecule has 0 amide bonds. The van der Waals surface area contributed by atoms with Gasteiger partial charge in [-0.05, 0) is 6.42 Å². The fourth-order valence-electron chi connectivity index (χ4n) is 0.766. The lowest BCUT2D eigenvalue weighted by molar-refractivity contribution is -0.123. The highest BCUT2D eigenvalue weighted by Gasteiger charge is 2.12. The Hall–Kier alpha value is -0.400. The summed E-state index contributed by atoms with van der Waals surface area (Å²) in [5.74, 6) is -0.256. The number of hydrogen-bond acceptors (Lipinski definition) is 1. The molecule has 1 unspecified atom stereocenters. The van der Waals surface area contributed by atoms with Crippen molar-refractivity contribution >= 4 is 5.78 Å². The highest BCUT2D eigenvalue weighted by molar-refractivity contribution is 5.82. The Kier molecular flexibility index (Phi) is 5.17. The number of carbonyl (C=O) groups is 1. The zero-order chi connectivity index (χ0) is 7.98. The van der Waals surface area contributed by atoms with Crippen LogP contribution < -0.4 is 0 Å². The molecule has 0 saturated carbocycles. The van der Waals surface area contributed by atoms with E-state index in [0.29, 0.717) is 12.8 Å². The third kappa shape index (κ3) is 3.59. The van der Waals surface area contributed by atoms with Gasteiger partial charge in [-0.2, -0.15) is 0 Å². The third-order valence-electron chi connectivity index (χ3n) is 1.51. The van der Waals surface area contributed by atoms with E-state index in [9.17, 15) is 9.18 Å². The molecule has 1 atom stereocenters. The number of carbonyl (C=O) groups excluding carboxylic acids is 1. The van der Waals surface area contributed by atoms with E-state index in [4.69, 9.17) is 0 Å². The fraction of sp³-hybridized carbons (Fsp3) is 0.875. The van der Waals surface area contributed by atoms with E-state index in [2.05, 4.69) is 0 Å². The van der Waals surface area contributed by atoms with Gasteiger partial charge in [0.2, 0.25) is 0 Å². The van der Waals surface area contributed by atoms with Crippen LogP contribution in [0.15, 0.2) is 0 Å². The lowest BCUT2D eigenvalue weighted by Crippen LogP contribution is -2.13. The number of rotatable bonds is 5. The summed E-state index contributed by atoms with van der Waals surface area (Å²) in [5.41, 5.74) is 0. The van der Waals surface area contributed by atoms with Gasteiger partial charge < -0.3 is 0 Å². The van der Waals surface area contributed by atoms with Crippen molar-refractivity contribution in [1.82, 2.24) is 0 Å². The van der Waals surface area contributed by atoms with Crippen molar-refractivity contribution in [3.05, 3.63) is 0 Å². The molecule has 0 spiro atoms. The second-order valence-corrected chi connectivity index (χ2v) is 2.43. The van der Waals surface area contributed by atoms with E-state index in [1.54, 1.807) is 6.92 Å². The Labute approximate surface area is 61.6 Å². The molecule has 0 aromatic rings. The van der Waals surface area contributed by atoms with E-state index in [0.717, 1.165) is 12.8 Å². The summed E-state index contributed by atoms with van der Waals surface area (Å²) in [5, 5.41) is 0. The van der Waals surface area contributed by atoms with Gasteiger partial charge in [-0.3, -0.25) is 4.79 Å². The van der Waals surface area contributed by atoms with Crippen LogP contribution in [0.2, 0.25) is 0 Å². The van der Waals surface area contributed by atoms with Crippen LogP contribution in [0.1, 0.15) is 39.5 Å². The number of unbranched alkanes of at least 4 members (excludes halogenated alkanes) is 1. The number of hydrogen-bond donors (Lipinski definition) is 0. The van der Waals surface area contributed by atoms with Gasteiger partial charge in [0.25, 0.3) is 0 Å². The molecule has 0 radical (unpaired) electrons. The lowest BCUT2D eigenvalue weighted by atomic mass is 10.1. The van der Waals surface area contributed by atoms with Crippen molar-refractivity contribution in [1.29, 1.82) is 0 Å². The van der Waals surface area contributed by atoms with E-state index in [1.165, 1.54) is 0 Å². The largest absolute Gasteiger partial charge is 0.296 e. The highest BCUT2D eigenvalue weighted by Crippen LogP contribution is 2.06. The van der Waals surface area contributed by atoms with Crippen LogP contribution in [-0.2, 0) is 4.79 Å². The van der Waals surface area contributed by atoms with Gasteiger partial charge in [0.1, 0.15) is 0 Å². The molecule has 10 heavy (non-hydrogen) atoms. The van der Waals surface area contributed by atoms with Crippen molar-refractivity contribution in [2.45, 2.75) is 45.7 Å². The maximum Gasteiger partial charge on any atom is 0.166 e. The maximum absolute atomic E-state index is 12.6. The molecule has 0 fully saturated rings. The Bertz CT molecular complexity index is 101. The van der Waals surface area contributed by atoms with Gasteiger partial charge >= 0.3 is 0 Å². The molecule has 0 aliphatic carbocycles. The van der Waals surface area contributed by atoms with Crippen LogP contribution in [-0.4, -0.2) is 12.0 Å². The summed E-state index contributed by atoms with van der Waals surface area (Å²) in [6, 6.07) is 0. The van der Waals surface area contributed by atoms with Crippen LogP contribution in [0.5, 0.6) is 0 Å². The molecule has 2 heteroatoms. The summed E-state index contributed by atoms with van der Waals surface area (Å²) in [4.78, 5) is 10.6. The zero-order valence-electron chi connectivity index (χ0n) is 6.69. The molecule has 1 nitrogen and oxygen atoms in total. The minimum absolute atomic E-state index is 0.256. The quantitative estimate of drug-likeness (QED) is 0.582. The third-order valence-corrected chi connectivity index (χ3v) is 1.51. The smallest absolute Gasteiger partial charge is 0.166 e. The topological polar surface area (TPSA) is 17.1 Å². The Morgan fingerprint density at radius 3 is 2.50 bits per heavy atom. The minimum atomic E-state index is -1.20. The predicted octanol–water partition coefficient (Wildman–Crippen LogP) is 2.49. The van der Waals surface area contributed by atoms with Crippen molar-refractivity contribution in [2.24, 2.45) is 0 Å². The summed E-state index contributed by atoms with van der Waals surface area (Å²) in [6.45, 7) is 3.68. The number of Topliss-reactive ketones (excluding diaryl/α,β-unsaturated/α-hetero) is 1. The minimum Gasteiger partial charge on any atom is -0.296 e. The number of halogens is 1. The van der Waals surface area contributed by atoms with Crippen molar-refractivity contribution in [3.63, 3.8) is 0 Å². The molecule has 0 rings (SSSR count). The van der Waals surface area contributed by atoms with E-state index < -0.39 is 6.17 Å². The molecule has 0 bridgehead atoms. The van der Waals surface area contributed by atoms with Gasteiger partial charge in [0.05, 0.1) is 0 Å². The molecule has 0 saturated heterocycles. The standard InChI is InChI=1S/C8H15FO/c1-3-5-6-7(9)8(10)4-2/h7H,3-6H2,1-2H3. The molecule has 0 aliphatic rings. The molecule has 60 valence electrons. The van der Waals surface area contributed by atoms with Crippen molar-refractivity contribution in [3.8, 4) is 0 Å². The molecule has 0 aromatic carbocycles. The molecule has 0 aliphatic heterocycles. The number of alkyl halides is 1. The van der Waals surface area contributed by atoms with Crippen molar-refractivity contribution < 1.29 is 9.18 Å². The Morgan fingerprint density at radius 2 is 2.10 bits per heavy atom. The summed E-state index contributed by atoms with van der Waals surface area (Å²) in [7, 11) is 0. The normalized spacial score (nSPS) is 13.1. The summed E-state index contributed by atoms with van der Waals surface area (Å²) < 4.78 is 12.6. The first kappa shape index (κ1) is 9.60. The first-order valence-corrected chi connectivity index (χ1v) is 3.89. The van der Waals surface area contributed by atoms with E-state index in [-0.39, 0.29) is 5.78 Å². The Morgan fingerprint density at radius 1 is 1.50 bits per heavy atom. The molecular formula is C8H15FO. The molecule has 0 N–H and O–H groups in total.